The third-order valence-electron chi connectivity index (χ3n) is 4.02. The zero-order valence-corrected chi connectivity index (χ0v) is 13.0. The zero-order chi connectivity index (χ0) is 15.7. The predicted octanol–water partition coefficient (Wildman–Crippen LogP) is 4.57. The van der Waals surface area contributed by atoms with E-state index in [9.17, 15) is 4.79 Å². The van der Waals surface area contributed by atoms with E-state index in [4.69, 9.17) is 4.42 Å². The van der Waals surface area contributed by atoms with Crippen LogP contribution in [-0.4, -0.2) is 17.9 Å². The lowest BCUT2D eigenvalue weighted by Crippen LogP contribution is -2.29. The number of amides is 1. The van der Waals surface area contributed by atoms with E-state index < -0.39 is 0 Å². The lowest BCUT2D eigenvalue weighted by Gasteiger charge is -2.23. The van der Waals surface area contributed by atoms with E-state index in [0.717, 1.165) is 22.3 Å². The third-order valence-corrected chi connectivity index (χ3v) is 4.02. The van der Waals surface area contributed by atoms with Gasteiger partial charge in [-0.3, -0.25) is 4.79 Å². The molecule has 0 N–H and O–H groups in total. The van der Waals surface area contributed by atoms with Gasteiger partial charge >= 0.3 is 0 Å². The Kier molecular flexibility index (Phi) is 3.72. The maximum Gasteiger partial charge on any atom is 0.254 e. The molecule has 3 nitrogen and oxygen atoms in total. The largest absolute Gasteiger partial charge is 0.459 e. The van der Waals surface area contributed by atoms with Gasteiger partial charge in [-0.05, 0) is 38.1 Å². The first-order valence-electron chi connectivity index (χ1n) is 7.38. The third kappa shape index (κ3) is 2.62. The van der Waals surface area contributed by atoms with Gasteiger partial charge < -0.3 is 9.32 Å². The Morgan fingerprint density at radius 2 is 1.86 bits per heavy atom. The van der Waals surface area contributed by atoms with Crippen molar-refractivity contribution >= 4 is 16.9 Å². The maximum absolute atomic E-state index is 12.6. The van der Waals surface area contributed by atoms with Crippen LogP contribution < -0.4 is 0 Å². The molecule has 0 unspecified atom stereocenters. The summed E-state index contributed by atoms with van der Waals surface area (Å²) in [5, 5.41) is 1.06. The summed E-state index contributed by atoms with van der Waals surface area (Å²) in [4.78, 5) is 14.3. The van der Waals surface area contributed by atoms with Crippen molar-refractivity contribution in [2.24, 2.45) is 0 Å². The van der Waals surface area contributed by atoms with Crippen LogP contribution in [0.3, 0.4) is 0 Å². The highest BCUT2D eigenvalue weighted by molar-refractivity contribution is 5.94. The topological polar surface area (TPSA) is 33.5 Å². The van der Waals surface area contributed by atoms with Crippen molar-refractivity contribution in [1.29, 1.82) is 0 Å². The summed E-state index contributed by atoms with van der Waals surface area (Å²) >= 11 is 0. The van der Waals surface area contributed by atoms with E-state index in [1.807, 2.05) is 75.5 Å². The molecule has 0 saturated heterocycles. The van der Waals surface area contributed by atoms with Crippen LogP contribution in [0, 0.1) is 6.92 Å². The Labute approximate surface area is 130 Å². The second-order valence-corrected chi connectivity index (χ2v) is 5.65. The Bertz CT molecular complexity index is 786. The number of rotatable bonds is 3. The van der Waals surface area contributed by atoms with Gasteiger partial charge in [-0.2, -0.15) is 0 Å². The molecule has 1 aromatic heterocycles. The first-order valence-corrected chi connectivity index (χ1v) is 7.38. The molecule has 3 aromatic rings. The Morgan fingerprint density at radius 3 is 2.59 bits per heavy atom. The van der Waals surface area contributed by atoms with Gasteiger partial charge in [0.1, 0.15) is 11.3 Å². The van der Waals surface area contributed by atoms with Crippen molar-refractivity contribution in [2.75, 3.05) is 7.05 Å². The van der Waals surface area contributed by atoms with E-state index in [0.29, 0.717) is 5.56 Å². The minimum Gasteiger partial charge on any atom is -0.459 e. The van der Waals surface area contributed by atoms with Gasteiger partial charge in [0.2, 0.25) is 0 Å². The van der Waals surface area contributed by atoms with Gasteiger partial charge in [0.15, 0.2) is 0 Å². The Morgan fingerprint density at radius 1 is 1.09 bits per heavy atom. The number of fused-ring (bicyclic) bond motifs is 1. The first kappa shape index (κ1) is 14.4. The molecule has 22 heavy (non-hydrogen) atoms. The molecule has 0 aliphatic carbocycles. The number of nitrogens with zero attached hydrogens (tertiary/aromatic N) is 1. The van der Waals surface area contributed by atoms with E-state index in [-0.39, 0.29) is 11.9 Å². The van der Waals surface area contributed by atoms with E-state index in [1.165, 1.54) is 0 Å². The SMILES string of the molecule is Cc1cccc(C(=O)N(C)[C@H](C)c2cc3ccccc3o2)c1. The van der Waals surface area contributed by atoms with Gasteiger partial charge in [-0.1, -0.05) is 35.9 Å². The van der Waals surface area contributed by atoms with Gasteiger partial charge in [0.25, 0.3) is 5.91 Å². The average molecular weight is 293 g/mol. The van der Waals surface area contributed by atoms with Crippen molar-refractivity contribution in [3.05, 3.63) is 71.5 Å². The number of aryl methyl sites for hydroxylation is 1. The highest BCUT2D eigenvalue weighted by Gasteiger charge is 2.21. The second-order valence-electron chi connectivity index (χ2n) is 5.65. The molecule has 112 valence electrons. The minimum atomic E-state index is -0.125. The summed E-state index contributed by atoms with van der Waals surface area (Å²) in [7, 11) is 1.81. The summed E-state index contributed by atoms with van der Waals surface area (Å²) in [6.07, 6.45) is 0. The molecule has 0 radical (unpaired) electrons. The van der Waals surface area contributed by atoms with Crippen LogP contribution in [0.4, 0.5) is 0 Å². The average Bonchev–Trinajstić information content (AvgIpc) is 2.96. The number of carbonyl (C=O) groups is 1. The van der Waals surface area contributed by atoms with Crippen molar-refractivity contribution in [1.82, 2.24) is 4.90 Å². The first-order chi connectivity index (χ1) is 10.6. The minimum absolute atomic E-state index is 0.00310. The number of benzene rings is 2. The number of hydrogen-bond donors (Lipinski definition) is 0. The molecule has 0 saturated carbocycles. The molecule has 1 heterocycles. The molecule has 0 spiro atoms. The van der Waals surface area contributed by atoms with Gasteiger partial charge in [-0.25, -0.2) is 0 Å². The van der Waals surface area contributed by atoms with Crippen LogP contribution >= 0.6 is 0 Å². The lowest BCUT2D eigenvalue weighted by molar-refractivity contribution is 0.0727. The number of carbonyl (C=O) groups excluding carboxylic acids is 1. The van der Waals surface area contributed by atoms with Crippen LogP contribution in [0.1, 0.15) is 34.6 Å². The van der Waals surface area contributed by atoms with E-state index >= 15 is 0 Å². The van der Waals surface area contributed by atoms with Crippen molar-refractivity contribution in [2.45, 2.75) is 19.9 Å². The molecule has 0 bridgehead atoms. The fourth-order valence-corrected chi connectivity index (χ4v) is 2.56. The van der Waals surface area contributed by atoms with Gasteiger partial charge in [0.05, 0.1) is 6.04 Å². The lowest BCUT2D eigenvalue weighted by atomic mass is 10.1. The molecule has 1 amide bonds. The van der Waals surface area contributed by atoms with Crippen molar-refractivity contribution in [3.8, 4) is 0 Å². The monoisotopic (exact) mass is 293 g/mol. The predicted molar refractivity (Wildman–Crippen MR) is 87.9 cm³/mol. The number of furan rings is 1. The summed E-state index contributed by atoms with van der Waals surface area (Å²) < 4.78 is 5.87. The van der Waals surface area contributed by atoms with Crippen LogP contribution in [-0.2, 0) is 0 Å². The molecule has 0 fully saturated rings. The quantitative estimate of drug-likeness (QED) is 0.708. The second kappa shape index (κ2) is 5.68. The molecule has 3 heteroatoms. The van der Waals surface area contributed by atoms with Gasteiger partial charge in [0, 0.05) is 18.0 Å². The Balaban J connectivity index is 1.87. The molecule has 2 aromatic carbocycles. The fraction of sp³-hybridized carbons (Fsp3) is 0.211. The maximum atomic E-state index is 12.6. The molecular weight excluding hydrogens is 274 g/mol. The van der Waals surface area contributed by atoms with Crippen LogP contribution in [0.2, 0.25) is 0 Å². The smallest absolute Gasteiger partial charge is 0.254 e. The summed E-state index contributed by atoms with van der Waals surface area (Å²) in [6, 6.07) is 17.4. The summed E-state index contributed by atoms with van der Waals surface area (Å²) in [5.41, 5.74) is 2.63. The summed E-state index contributed by atoms with van der Waals surface area (Å²) in [6.45, 7) is 3.96. The van der Waals surface area contributed by atoms with Gasteiger partial charge in [-0.15, -0.1) is 0 Å². The standard InChI is InChI=1S/C19H19NO2/c1-13-7-6-9-16(11-13)19(21)20(3)14(2)18-12-15-8-4-5-10-17(15)22-18/h4-12,14H,1-3H3/t14-/m1/s1. The Hall–Kier alpha value is -2.55. The van der Waals surface area contributed by atoms with Crippen LogP contribution in [0.5, 0.6) is 0 Å². The zero-order valence-electron chi connectivity index (χ0n) is 13.0. The van der Waals surface area contributed by atoms with E-state index in [2.05, 4.69) is 0 Å². The molecule has 3 rings (SSSR count). The molecule has 0 aliphatic heterocycles. The number of hydrogen-bond acceptors (Lipinski definition) is 2. The molecular formula is C19H19NO2. The highest BCUT2D eigenvalue weighted by atomic mass is 16.3. The van der Waals surface area contributed by atoms with Crippen LogP contribution in [0.25, 0.3) is 11.0 Å². The molecule has 0 aliphatic rings. The highest BCUT2D eigenvalue weighted by Crippen LogP contribution is 2.27. The van der Waals surface area contributed by atoms with E-state index in [1.54, 1.807) is 4.90 Å². The molecule has 1 atom stereocenters. The fourth-order valence-electron chi connectivity index (χ4n) is 2.56. The van der Waals surface area contributed by atoms with Crippen molar-refractivity contribution < 1.29 is 9.21 Å². The summed E-state index contributed by atoms with van der Waals surface area (Å²) in [5.74, 6) is 0.793. The van der Waals surface area contributed by atoms with Crippen molar-refractivity contribution in [3.63, 3.8) is 0 Å². The number of para-hydroxylation sites is 1. The van der Waals surface area contributed by atoms with Crippen LogP contribution in [0.15, 0.2) is 59.0 Å². The normalized spacial score (nSPS) is 12.3.